The number of hydrogen-bond donors (Lipinski definition) is 2. The van der Waals surface area contributed by atoms with Crippen LogP contribution in [-0.2, 0) is 11.3 Å². The standard InChI is InChI=1S/C15H22N2O3.ClH/c1-17(9-10-5-3-4-6-14(10)20-2)15(19)11-7-12(16)13(18)8-11;/h3-6,11-13,18H,7-9,16H2,1-2H3;1H/t11-,12-,13-;/m0./s1. The molecule has 1 aliphatic rings. The van der Waals surface area contributed by atoms with Crippen LogP contribution in [0.1, 0.15) is 18.4 Å². The van der Waals surface area contributed by atoms with Crippen molar-refractivity contribution in [2.75, 3.05) is 14.2 Å². The molecule has 1 fully saturated rings. The second-order valence-corrected chi connectivity index (χ2v) is 5.41. The van der Waals surface area contributed by atoms with Gasteiger partial charge < -0.3 is 20.5 Å². The largest absolute Gasteiger partial charge is 0.496 e. The van der Waals surface area contributed by atoms with E-state index in [4.69, 9.17) is 10.5 Å². The second kappa shape index (κ2) is 7.64. The third-order valence-electron chi connectivity index (χ3n) is 3.90. The Morgan fingerprint density at radius 1 is 1.43 bits per heavy atom. The zero-order valence-electron chi connectivity index (χ0n) is 12.4. The Labute approximate surface area is 131 Å². The van der Waals surface area contributed by atoms with Gasteiger partial charge in [-0.15, -0.1) is 12.4 Å². The average Bonchev–Trinajstić information content (AvgIpc) is 2.78. The summed E-state index contributed by atoms with van der Waals surface area (Å²) in [4.78, 5) is 14.0. The fourth-order valence-electron chi connectivity index (χ4n) is 2.73. The highest BCUT2D eigenvalue weighted by Crippen LogP contribution is 2.27. The van der Waals surface area contributed by atoms with Crippen molar-refractivity contribution in [1.29, 1.82) is 0 Å². The fraction of sp³-hybridized carbons (Fsp3) is 0.533. The molecule has 1 aromatic carbocycles. The first-order valence-corrected chi connectivity index (χ1v) is 6.83. The Bertz CT molecular complexity index is 474. The SMILES string of the molecule is COc1ccccc1CN(C)C(=O)[C@H]1C[C@H](N)[C@@H](O)C1.Cl. The molecule has 1 saturated carbocycles. The second-order valence-electron chi connectivity index (χ2n) is 5.41. The Morgan fingerprint density at radius 2 is 2.10 bits per heavy atom. The molecule has 5 nitrogen and oxygen atoms in total. The van der Waals surface area contributed by atoms with E-state index in [9.17, 15) is 9.90 Å². The van der Waals surface area contributed by atoms with Gasteiger partial charge in [0, 0.05) is 31.1 Å². The molecule has 118 valence electrons. The van der Waals surface area contributed by atoms with E-state index in [1.54, 1.807) is 19.1 Å². The van der Waals surface area contributed by atoms with E-state index in [1.165, 1.54) is 0 Å². The van der Waals surface area contributed by atoms with Crippen LogP contribution in [0.5, 0.6) is 5.75 Å². The lowest BCUT2D eigenvalue weighted by Crippen LogP contribution is -2.32. The number of carbonyl (C=O) groups is 1. The number of rotatable bonds is 4. The molecule has 0 heterocycles. The minimum absolute atomic E-state index is 0. The van der Waals surface area contributed by atoms with Gasteiger partial charge >= 0.3 is 0 Å². The fourth-order valence-corrected chi connectivity index (χ4v) is 2.73. The molecule has 3 atom stereocenters. The van der Waals surface area contributed by atoms with Crippen LogP contribution >= 0.6 is 12.4 Å². The van der Waals surface area contributed by atoms with Crippen LogP contribution in [0.2, 0.25) is 0 Å². The van der Waals surface area contributed by atoms with Crippen molar-refractivity contribution in [3.63, 3.8) is 0 Å². The molecule has 1 aromatic rings. The number of ether oxygens (including phenoxy) is 1. The zero-order chi connectivity index (χ0) is 14.7. The van der Waals surface area contributed by atoms with Crippen LogP contribution in [-0.4, -0.2) is 42.2 Å². The molecule has 1 aliphatic carbocycles. The molecule has 0 aliphatic heterocycles. The molecule has 3 N–H and O–H groups in total. The number of benzene rings is 1. The Hall–Kier alpha value is -1.30. The number of nitrogens with zero attached hydrogens (tertiary/aromatic N) is 1. The first-order valence-electron chi connectivity index (χ1n) is 6.83. The number of amides is 1. The third-order valence-corrected chi connectivity index (χ3v) is 3.90. The summed E-state index contributed by atoms with van der Waals surface area (Å²) >= 11 is 0. The van der Waals surface area contributed by atoms with Gasteiger partial charge in [0.15, 0.2) is 0 Å². The normalized spacial score (nSPS) is 24.3. The summed E-state index contributed by atoms with van der Waals surface area (Å²) in [5, 5.41) is 9.65. The maximum atomic E-state index is 12.4. The average molecular weight is 315 g/mol. The highest BCUT2D eigenvalue weighted by molar-refractivity contribution is 5.85. The lowest BCUT2D eigenvalue weighted by molar-refractivity contribution is -0.134. The van der Waals surface area contributed by atoms with E-state index in [0.29, 0.717) is 19.4 Å². The van der Waals surface area contributed by atoms with Crippen molar-refractivity contribution in [2.45, 2.75) is 31.5 Å². The van der Waals surface area contributed by atoms with Gasteiger partial charge in [-0.3, -0.25) is 4.79 Å². The van der Waals surface area contributed by atoms with Crippen molar-refractivity contribution >= 4 is 18.3 Å². The number of halogens is 1. The number of aliphatic hydroxyl groups excluding tert-OH is 1. The maximum absolute atomic E-state index is 12.4. The van der Waals surface area contributed by atoms with Crippen molar-refractivity contribution in [2.24, 2.45) is 11.7 Å². The molecule has 0 spiro atoms. The number of methoxy groups -OCH3 is 1. The van der Waals surface area contributed by atoms with Gasteiger partial charge in [0.2, 0.25) is 5.91 Å². The molecular formula is C15H23ClN2O3. The number of para-hydroxylation sites is 1. The highest BCUT2D eigenvalue weighted by atomic mass is 35.5. The predicted molar refractivity (Wildman–Crippen MR) is 83.4 cm³/mol. The van der Waals surface area contributed by atoms with Crippen molar-refractivity contribution in [3.05, 3.63) is 29.8 Å². The zero-order valence-corrected chi connectivity index (χ0v) is 13.2. The van der Waals surface area contributed by atoms with Crippen LogP contribution in [0.3, 0.4) is 0 Å². The van der Waals surface area contributed by atoms with Gasteiger partial charge in [-0.25, -0.2) is 0 Å². The predicted octanol–water partition coefficient (Wildman–Crippen LogP) is 1.17. The molecule has 0 bridgehead atoms. The van der Waals surface area contributed by atoms with Gasteiger partial charge in [-0.1, -0.05) is 18.2 Å². The smallest absolute Gasteiger partial charge is 0.225 e. The van der Waals surface area contributed by atoms with E-state index < -0.39 is 6.10 Å². The third kappa shape index (κ3) is 4.09. The Kier molecular flexibility index (Phi) is 6.45. The molecule has 21 heavy (non-hydrogen) atoms. The minimum Gasteiger partial charge on any atom is -0.496 e. The summed E-state index contributed by atoms with van der Waals surface area (Å²) in [7, 11) is 3.39. The van der Waals surface area contributed by atoms with E-state index in [1.807, 2.05) is 24.3 Å². The topological polar surface area (TPSA) is 75.8 Å². The van der Waals surface area contributed by atoms with E-state index in [0.717, 1.165) is 11.3 Å². The minimum atomic E-state index is -0.566. The van der Waals surface area contributed by atoms with E-state index in [-0.39, 0.29) is 30.3 Å². The molecule has 2 rings (SSSR count). The van der Waals surface area contributed by atoms with Gasteiger partial charge in [0.1, 0.15) is 5.75 Å². The highest BCUT2D eigenvalue weighted by Gasteiger charge is 2.36. The monoisotopic (exact) mass is 314 g/mol. The molecule has 6 heteroatoms. The lowest BCUT2D eigenvalue weighted by atomic mass is 10.1. The van der Waals surface area contributed by atoms with Crippen molar-refractivity contribution < 1.29 is 14.6 Å². The molecule has 0 aromatic heterocycles. The number of hydrogen-bond acceptors (Lipinski definition) is 4. The summed E-state index contributed by atoms with van der Waals surface area (Å²) in [6.07, 6.45) is 0.440. The van der Waals surface area contributed by atoms with Crippen molar-refractivity contribution in [3.8, 4) is 5.75 Å². The summed E-state index contributed by atoms with van der Waals surface area (Å²) in [5.41, 5.74) is 6.73. The Morgan fingerprint density at radius 3 is 2.67 bits per heavy atom. The number of nitrogens with two attached hydrogens (primary N) is 1. The summed E-state index contributed by atoms with van der Waals surface area (Å²) in [5.74, 6) is 0.623. The van der Waals surface area contributed by atoms with Gasteiger partial charge in [-0.05, 0) is 18.9 Å². The summed E-state index contributed by atoms with van der Waals surface area (Å²) < 4.78 is 5.29. The number of aliphatic hydroxyl groups is 1. The van der Waals surface area contributed by atoms with Crippen LogP contribution in [0.25, 0.3) is 0 Å². The van der Waals surface area contributed by atoms with Crippen molar-refractivity contribution in [1.82, 2.24) is 4.90 Å². The van der Waals surface area contributed by atoms with Crippen LogP contribution in [0.15, 0.2) is 24.3 Å². The van der Waals surface area contributed by atoms with Gasteiger partial charge in [0.25, 0.3) is 0 Å². The molecule has 0 radical (unpaired) electrons. The quantitative estimate of drug-likeness (QED) is 0.875. The molecule has 1 amide bonds. The van der Waals surface area contributed by atoms with E-state index in [2.05, 4.69) is 0 Å². The Balaban J connectivity index is 0.00000220. The first kappa shape index (κ1) is 17.8. The summed E-state index contributed by atoms with van der Waals surface area (Å²) in [6.45, 7) is 0.491. The lowest BCUT2D eigenvalue weighted by Gasteiger charge is -2.22. The maximum Gasteiger partial charge on any atom is 0.225 e. The van der Waals surface area contributed by atoms with E-state index >= 15 is 0 Å². The van der Waals surface area contributed by atoms with Crippen LogP contribution in [0.4, 0.5) is 0 Å². The van der Waals surface area contributed by atoms with Crippen LogP contribution < -0.4 is 10.5 Å². The first-order chi connectivity index (χ1) is 9.52. The molecular weight excluding hydrogens is 292 g/mol. The van der Waals surface area contributed by atoms with Gasteiger partial charge in [-0.2, -0.15) is 0 Å². The summed E-state index contributed by atoms with van der Waals surface area (Å²) in [6, 6.07) is 7.35. The molecule has 0 unspecified atom stereocenters. The number of carbonyl (C=O) groups excluding carboxylic acids is 1. The van der Waals surface area contributed by atoms with Crippen LogP contribution in [0, 0.1) is 5.92 Å². The van der Waals surface area contributed by atoms with Gasteiger partial charge in [0.05, 0.1) is 13.2 Å². The molecule has 0 saturated heterocycles.